The van der Waals surface area contributed by atoms with Gasteiger partial charge in [-0.25, -0.2) is 0 Å². The molecule has 20 heavy (non-hydrogen) atoms. The molecule has 0 saturated carbocycles. The van der Waals surface area contributed by atoms with E-state index in [1.165, 1.54) is 11.1 Å². The van der Waals surface area contributed by atoms with Crippen LogP contribution in [-0.4, -0.2) is 25.3 Å². The molecule has 0 bridgehead atoms. The number of likely N-dealkylation sites (N-methyl/N-ethyl adjacent to an activating group) is 1. The van der Waals surface area contributed by atoms with Gasteiger partial charge in [-0.1, -0.05) is 44.0 Å². The fraction of sp³-hybridized carbons (Fsp3) is 0.647. The first kappa shape index (κ1) is 17.5. The lowest BCUT2D eigenvalue weighted by atomic mass is 9.97. The van der Waals surface area contributed by atoms with Gasteiger partial charge in [-0.05, 0) is 50.4 Å². The van der Waals surface area contributed by atoms with Gasteiger partial charge in [0.2, 0.25) is 0 Å². The van der Waals surface area contributed by atoms with Gasteiger partial charge < -0.3 is 10.1 Å². The van der Waals surface area contributed by atoms with Crippen molar-refractivity contribution in [1.29, 1.82) is 0 Å². The minimum Gasteiger partial charge on any atom is -0.377 e. The van der Waals surface area contributed by atoms with Crippen molar-refractivity contribution >= 4 is 11.6 Å². The highest BCUT2D eigenvalue weighted by atomic mass is 35.5. The summed E-state index contributed by atoms with van der Waals surface area (Å²) in [5.74, 6) is 0. The molecule has 0 aliphatic carbocycles. The van der Waals surface area contributed by atoms with E-state index in [1.54, 1.807) is 0 Å². The first-order valence-corrected chi connectivity index (χ1v) is 8.10. The zero-order valence-electron chi connectivity index (χ0n) is 13.2. The van der Waals surface area contributed by atoms with Gasteiger partial charge in [0.1, 0.15) is 0 Å². The summed E-state index contributed by atoms with van der Waals surface area (Å²) in [6.45, 7) is 10.2. The Bertz CT molecular complexity index is 389. The molecule has 0 spiro atoms. The van der Waals surface area contributed by atoms with Crippen LogP contribution in [-0.2, 0) is 11.2 Å². The Hall–Kier alpha value is -0.570. The highest BCUT2D eigenvalue weighted by Crippen LogP contribution is 2.21. The summed E-state index contributed by atoms with van der Waals surface area (Å²) in [5.41, 5.74) is 2.40. The molecule has 0 aromatic heterocycles. The number of nitrogens with one attached hydrogen (secondary N) is 1. The van der Waals surface area contributed by atoms with Gasteiger partial charge >= 0.3 is 0 Å². The Balaban J connectivity index is 2.83. The summed E-state index contributed by atoms with van der Waals surface area (Å²) in [6.07, 6.45) is 3.38. The molecule has 0 amide bonds. The van der Waals surface area contributed by atoms with E-state index in [2.05, 4.69) is 45.1 Å². The lowest BCUT2D eigenvalue weighted by Gasteiger charge is -2.28. The number of rotatable bonds is 9. The first-order chi connectivity index (χ1) is 9.62. The van der Waals surface area contributed by atoms with Crippen LogP contribution < -0.4 is 5.32 Å². The van der Waals surface area contributed by atoms with Crippen molar-refractivity contribution in [2.45, 2.75) is 59.1 Å². The van der Waals surface area contributed by atoms with Crippen molar-refractivity contribution < 1.29 is 4.74 Å². The second kappa shape index (κ2) is 9.38. The van der Waals surface area contributed by atoms with Crippen molar-refractivity contribution in [2.24, 2.45) is 0 Å². The standard InChI is InChI=1S/C17H28ClNO/c1-5-8-17(20-7-3)16(19-6-2)12-14-10-9-13(4)11-15(14)18/h9-11,16-17,19H,5-8,12H2,1-4H3. The summed E-state index contributed by atoms with van der Waals surface area (Å²) in [6, 6.07) is 6.62. The summed E-state index contributed by atoms with van der Waals surface area (Å²) in [4.78, 5) is 0. The average molecular weight is 298 g/mol. The van der Waals surface area contributed by atoms with E-state index in [-0.39, 0.29) is 6.10 Å². The maximum Gasteiger partial charge on any atom is 0.0731 e. The molecule has 0 saturated heterocycles. The van der Waals surface area contributed by atoms with Crippen molar-refractivity contribution in [3.05, 3.63) is 34.3 Å². The number of hydrogen-bond acceptors (Lipinski definition) is 2. The van der Waals surface area contributed by atoms with Gasteiger partial charge in [-0.15, -0.1) is 0 Å². The van der Waals surface area contributed by atoms with E-state index >= 15 is 0 Å². The topological polar surface area (TPSA) is 21.3 Å². The summed E-state index contributed by atoms with van der Waals surface area (Å²) in [7, 11) is 0. The average Bonchev–Trinajstić information content (AvgIpc) is 2.41. The zero-order valence-corrected chi connectivity index (χ0v) is 14.0. The third-order valence-corrected chi connectivity index (χ3v) is 3.87. The van der Waals surface area contributed by atoms with E-state index in [1.807, 2.05) is 6.07 Å². The van der Waals surface area contributed by atoms with Crippen LogP contribution in [0, 0.1) is 6.92 Å². The predicted octanol–water partition coefficient (Wildman–Crippen LogP) is 4.37. The number of halogens is 1. The SMILES string of the molecule is CCCC(OCC)C(Cc1ccc(C)cc1Cl)NCC. The number of aryl methyl sites for hydroxylation is 1. The second-order valence-electron chi connectivity index (χ2n) is 5.25. The molecule has 2 atom stereocenters. The molecule has 2 unspecified atom stereocenters. The molecule has 3 heteroatoms. The maximum atomic E-state index is 6.36. The smallest absolute Gasteiger partial charge is 0.0731 e. The monoisotopic (exact) mass is 297 g/mol. The maximum absolute atomic E-state index is 6.36. The Labute approximate surface area is 128 Å². The van der Waals surface area contributed by atoms with E-state index in [9.17, 15) is 0 Å². The highest BCUT2D eigenvalue weighted by molar-refractivity contribution is 6.31. The largest absolute Gasteiger partial charge is 0.377 e. The summed E-state index contributed by atoms with van der Waals surface area (Å²) < 4.78 is 5.93. The third-order valence-electron chi connectivity index (χ3n) is 3.52. The van der Waals surface area contributed by atoms with Gasteiger partial charge in [0, 0.05) is 17.7 Å². The van der Waals surface area contributed by atoms with Crippen LogP contribution in [0.25, 0.3) is 0 Å². The molecule has 0 radical (unpaired) electrons. The van der Waals surface area contributed by atoms with Crippen molar-refractivity contribution in [2.75, 3.05) is 13.2 Å². The van der Waals surface area contributed by atoms with Crippen LogP contribution >= 0.6 is 11.6 Å². The van der Waals surface area contributed by atoms with E-state index in [0.717, 1.165) is 37.4 Å². The predicted molar refractivity (Wildman–Crippen MR) is 87.7 cm³/mol. The molecule has 0 aliphatic rings. The Morgan fingerprint density at radius 2 is 2.00 bits per heavy atom. The molecule has 1 aromatic carbocycles. The number of ether oxygens (including phenoxy) is 1. The van der Waals surface area contributed by atoms with Crippen molar-refractivity contribution in [3.63, 3.8) is 0 Å². The van der Waals surface area contributed by atoms with E-state index in [4.69, 9.17) is 16.3 Å². The van der Waals surface area contributed by atoms with Crippen molar-refractivity contribution in [3.8, 4) is 0 Å². The zero-order chi connectivity index (χ0) is 15.0. The molecular formula is C17H28ClNO. The lowest BCUT2D eigenvalue weighted by Crippen LogP contribution is -2.43. The summed E-state index contributed by atoms with van der Waals surface area (Å²) in [5, 5.41) is 4.42. The molecule has 0 aliphatic heterocycles. The molecule has 1 rings (SSSR count). The van der Waals surface area contributed by atoms with Gasteiger partial charge in [0.15, 0.2) is 0 Å². The van der Waals surface area contributed by atoms with Crippen molar-refractivity contribution in [1.82, 2.24) is 5.32 Å². The van der Waals surface area contributed by atoms with Crippen LogP contribution in [0.3, 0.4) is 0 Å². The van der Waals surface area contributed by atoms with Gasteiger partial charge in [0.05, 0.1) is 6.10 Å². The minimum absolute atomic E-state index is 0.252. The van der Waals surface area contributed by atoms with E-state index < -0.39 is 0 Å². The highest BCUT2D eigenvalue weighted by Gasteiger charge is 2.21. The number of hydrogen-bond donors (Lipinski definition) is 1. The van der Waals surface area contributed by atoms with Crippen LogP contribution in [0.15, 0.2) is 18.2 Å². The third kappa shape index (κ3) is 5.43. The molecule has 1 N–H and O–H groups in total. The van der Waals surface area contributed by atoms with Gasteiger partial charge in [-0.2, -0.15) is 0 Å². The second-order valence-corrected chi connectivity index (χ2v) is 5.65. The summed E-state index contributed by atoms with van der Waals surface area (Å²) >= 11 is 6.36. The molecule has 2 nitrogen and oxygen atoms in total. The van der Waals surface area contributed by atoms with E-state index in [0.29, 0.717) is 6.04 Å². The molecule has 114 valence electrons. The van der Waals surface area contributed by atoms with Crippen LogP contribution in [0.2, 0.25) is 5.02 Å². The van der Waals surface area contributed by atoms with Crippen LogP contribution in [0.1, 0.15) is 44.7 Å². The molecule has 1 aromatic rings. The number of benzene rings is 1. The Morgan fingerprint density at radius 1 is 1.25 bits per heavy atom. The lowest BCUT2D eigenvalue weighted by molar-refractivity contribution is 0.0286. The van der Waals surface area contributed by atoms with Crippen LogP contribution in [0.5, 0.6) is 0 Å². The Morgan fingerprint density at radius 3 is 2.55 bits per heavy atom. The molecule has 0 fully saturated rings. The Kier molecular flexibility index (Phi) is 8.20. The first-order valence-electron chi connectivity index (χ1n) is 7.72. The molecule has 0 heterocycles. The minimum atomic E-state index is 0.252. The van der Waals surface area contributed by atoms with Gasteiger partial charge in [0.25, 0.3) is 0 Å². The molecular weight excluding hydrogens is 270 g/mol. The quantitative estimate of drug-likeness (QED) is 0.730. The fourth-order valence-corrected chi connectivity index (χ4v) is 2.86. The fourth-order valence-electron chi connectivity index (χ4n) is 2.55. The van der Waals surface area contributed by atoms with Gasteiger partial charge in [-0.3, -0.25) is 0 Å². The van der Waals surface area contributed by atoms with Crippen LogP contribution in [0.4, 0.5) is 0 Å². The normalized spacial score (nSPS) is 14.2.